The van der Waals surface area contributed by atoms with Crippen molar-refractivity contribution in [1.29, 1.82) is 0 Å². The third-order valence-corrected chi connectivity index (χ3v) is 5.33. The Morgan fingerprint density at radius 3 is 2.52 bits per heavy atom. The molecule has 5 rings (SSSR count). The van der Waals surface area contributed by atoms with E-state index < -0.39 is 11.6 Å². The topological polar surface area (TPSA) is 90.9 Å². The number of nitrogens with two attached hydrogens (primary N) is 1. The van der Waals surface area contributed by atoms with Crippen molar-refractivity contribution in [3.8, 4) is 22.8 Å². The summed E-state index contributed by atoms with van der Waals surface area (Å²) in [6.07, 6.45) is 3.52. The number of nitrogens with zero attached hydrogens (tertiary/aromatic N) is 4. The lowest BCUT2D eigenvalue weighted by Gasteiger charge is -2.23. The zero-order valence-corrected chi connectivity index (χ0v) is 16.6. The van der Waals surface area contributed by atoms with Crippen LogP contribution in [0.3, 0.4) is 0 Å². The smallest absolute Gasteiger partial charge is 0.164 e. The van der Waals surface area contributed by atoms with Crippen LogP contribution < -0.4 is 15.8 Å². The Balaban J connectivity index is 1.50. The lowest BCUT2D eigenvalue weighted by molar-refractivity contribution is 0.354. The second-order valence-corrected chi connectivity index (χ2v) is 7.48. The van der Waals surface area contributed by atoms with Crippen molar-refractivity contribution in [2.45, 2.75) is 18.9 Å². The van der Waals surface area contributed by atoms with Crippen molar-refractivity contribution in [3.05, 3.63) is 60.4 Å². The van der Waals surface area contributed by atoms with Crippen LogP contribution in [0.2, 0.25) is 0 Å². The molecule has 0 amide bonds. The highest BCUT2D eigenvalue weighted by molar-refractivity contribution is 5.98. The monoisotopic (exact) mass is 422 g/mol. The van der Waals surface area contributed by atoms with Gasteiger partial charge in [0.15, 0.2) is 5.65 Å². The Morgan fingerprint density at radius 2 is 1.81 bits per heavy atom. The van der Waals surface area contributed by atoms with Gasteiger partial charge in [-0.1, -0.05) is 0 Å². The number of piperidine rings is 1. The predicted molar refractivity (Wildman–Crippen MR) is 113 cm³/mol. The number of anilines is 1. The Kier molecular flexibility index (Phi) is 4.95. The maximum Gasteiger partial charge on any atom is 0.164 e. The highest BCUT2D eigenvalue weighted by Crippen LogP contribution is 2.34. The van der Waals surface area contributed by atoms with E-state index >= 15 is 0 Å². The summed E-state index contributed by atoms with van der Waals surface area (Å²) in [4.78, 5) is 8.58. The standard InChI is InChI=1S/C22H20F2N6O/c23-14-8-15(24)10-18(9-14)31-17-5-3-13(4-6-17)20-19-21(25)27-12-28-22(19)30(29-20)16-2-1-7-26-11-16/h3-6,8-10,12,16,26H,1-2,7,11H2,(H2,25,27,28). The zero-order chi connectivity index (χ0) is 21.4. The molecule has 2 aromatic carbocycles. The summed E-state index contributed by atoms with van der Waals surface area (Å²) in [5, 5.41) is 8.93. The van der Waals surface area contributed by atoms with Crippen LogP contribution in [0.25, 0.3) is 22.3 Å². The van der Waals surface area contributed by atoms with Crippen LogP contribution in [0.5, 0.6) is 11.5 Å². The summed E-state index contributed by atoms with van der Waals surface area (Å²) < 4.78 is 34.3. The van der Waals surface area contributed by atoms with Crippen molar-refractivity contribution in [3.63, 3.8) is 0 Å². The molecule has 0 aliphatic carbocycles. The number of aromatic nitrogens is 4. The molecule has 0 spiro atoms. The number of rotatable bonds is 4. The maximum atomic E-state index is 13.4. The van der Waals surface area contributed by atoms with E-state index in [0.717, 1.165) is 49.7 Å². The lowest BCUT2D eigenvalue weighted by Crippen LogP contribution is -2.32. The highest BCUT2D eigenvalue weighted by atomic mass is 19.1. The first-order chi connectivity index (χ1) is 15.1. The molecule has 9 heteroatoms. The molecular formula is C22H20F2N6O. The zero-order valence-electron chi connectivity index (χ0n) is 16.6. The number of nitrogens with one attached hydrogen (secondary N) is 1. The molecule has 1 fully saturated rings. The average molecular weight is 422 g/mol. The first-order valence-electron chi connectivity index (χ1n) is 10.0. The molecular weight excluding hydrogens is 402 g/mol. The summed E-state index contributed by atoms with van der Waals surface area (Å²) in [5.74, 6) is -0.501. The van der Waals surface area contributed by atoms with Gasteiger partial charge in [-0.25, -0.2) is 23.4 Å². The second-order valence-electron chi connectivity index (χ2n) is 7.48. The number of fused-ring (bicyclic) bond motifs is 1. The molecule has 1 aliphatic rings. The summed E-state index contributed by atoms with van der Waals surface area (Å²) in [5.41, 5.74) is 8.38. The van der Waals surface area contributed by atoms with Gasteiger partial charge in [0, 0.05) is 30.3 Å². The Bertz CT molecular complexity index is 1210. The fraction of sp³-hybridized carbons (Fsp3) is 0.227. The molecule has 2 aromatic heterocycles. The third-order valence-electron chi connectivity index (χ3n) is 5.33. The van der Waals surface area contributed by atoms with Crippen molar-refractivity contribution in [1.82, 2.24) is 25.1 Å². The summed E-state index contributed by atoms with van der Waals surface area (Å²) >= 11 is 0. The van der Waals surface area contributed by atoms with Gasteiger partial charge in [0.2, 0.25) is 0 Å². The van der Waals surface area contributed by atoms with E-state index in [-0.39, 0.29) is 11.8 Å². The van der Waals surface area contributed by atoms with Crippen molar-refractivity contribution >= 4 is 16.9 Å². The van der Waals surface area contributed by atoms with E-state index in [2.05, 4.69) is 15.3 Å². The third kappa shape index (κ3) is 3.79. The molecule has 31 heavy (non-hydrogen) atoms. The predicted octanol–water partition coefficient (Wildman–Crippen LogP) is 4.07. The molecule has 1 aliphatic heterocycles. The van der Waals surface area contributed by atoms with Crippen LogP contribution >= 0.6 is 0 Å². The van der Waals surface area contributed by atoms with E-state index in [1.54, 1.807) is 12.1 Å². The van der Waals surface area contributed by atoms with Gasteiger partial charge in [-0.15, -0.1) is 0 Å². The van der Waals surface area contributed by atoms with Crippen LogP contribution in [0, 0.1) is 11.6 Å². The molecule has 0 radical (unpaired) electrons. The van der Waals surface area contributed by atoms with Gasteiger partial charge in [-0.05, 0) is 43.7 Å². The first kappa shape index (κ1) is 19.4. The van der Waals surface area contributed by atoms with Crippen LogP contribution in [-0.4, -0.2) is 32.8 Å². The van der Waals surface area contributed by atoms with Gasteiger partial charge in [-0.2, -0.15) is 5.10 Å². The molecule has 158 valence electrons. The summed E-state index contributed by atoms with van der Waals surface area (Å²) in [6, 6.07) is 10.3. The first-order valence-corrected chi connectivity index (χ1v) is 10.0. The van der Waals surface area contributed by atoms with Gasteiger partial charge in [0.05, 0.1) is 11.4 Å². The van der Waals surface area contributed by atoms with Crippen molar-refractivity contribution in [2.75, 3.05) is 18.8 Å². The van der Waals surface area contributed by atoms with Gasteiger partial charge >= 0.3 is 0 Å². The molecule has 1 unspecified atom stereocenters. The fourth-order valence-electron chi connectivity index (χ4n) is 3.90. The normalized spacial score (nSPS) is 16.5. The van der Waals surface area contributed by atoms with Crippen LogP contribution in [0.4, 0.5) is 14.6 Å². The minimum Gasteiger partial charge on any atom is -0.457 e. The van der Waals surface area contributed by atoms with Crippen molar-refractivity contribution < 1.29 is 13.5 Å². The Morgan fingerprint density at radius 1 is 1.03 bits per heavy atom. The fourth-order valence-corrected chi connectivity index (χ4v) is 3.90. The molecule has 1 atom stereocenters. The van der Waals surface area contributed by atoms with Crippen LogP contribution in [-0.2, 0) is 0 Å². The molecule has 3 N–H and O–H groups in total. The summed E-state index contributed by atoms with van der Waals surface area (Å²) in [7, 11) is 0. The molecule has 0 saturated carbocycles. The maximum absolute atomic E-state index is 13.4. The number of benzene rings is 2. The minimum absolute atomic E-state index is 0.0856. The van der Waals surface area contributed by atoms with Crippen LogP contribution in [0.15, 0.2) is 48.8 Å². The van der Waals surface area contributed by atoms with E-state index in [1.165, 1.54) is 6.33 Å². The van der Waals surface area contributed by atoms with Gasteiger partial charge < -0.3 is 15.8 Å². The van der Waals surface area contributed by atoms with Crippen LogP contribution in [0.1, 0.15) is 18.9 Å². The van der Waals surface area contributed by atoms with E-state index in [1.807, 2.05) is 16.8 Å². The second kappa shape index (κ2) is 7.92. The minimum atomic E-state index is -0.698. The van der Waals surface area contributed by atoms with Gasteiger partial charge in [0.25, 0.3) is 0 Å². The van der Waals surface area contributed by atoms with E-state index in [0.29, 0.717) is 28.3 Å². The van der Waals surface area contributed by atoms with Gasteiger partial charge in [0.1, 0.15) is 41.0 Å². The molecule has 1 saturated heterocycles. The van der Waals surface area contributed by atoms with Gasteiger partial charge in [-0.3, -0.25) is 0 Å². The number of nitrogen functional groups attached to an aromatic ring is 1. The summed E-state index contributed by atoms with van der Waals surface area (Å²) in [6.45, 7) is 1.81. The Hall–Kier alpha value is -3.59. The average Bonchev–Trinajstić information content (AvgIpc) is 3.15. The molecule has 4 aromatic rings. The molecule has 0 bridgehead atoms. The lowest BCUT2D eigenvalue weighted by atomic mass is 10.1. The highest BCUT2D eigenvalue weighted by Gasteiger charge is 2.23. The molecule has 3 heterocycles. The number of hydrogen-bond donors (Lipinski definition) is 2. The number of ether oxygens (including phenoxy) is 1. The van der Waals surface area contributed by atoms with E-state index in [9.17, 15) is 8.78 Å². The van der Waals surface area contributed by atoms with E-state index in [4.69, 9.17) is 15.6 Å². The Labute approximate surface area is 176 Å². The quantitative estimate of drug-likeness (QED) is 0.515. The number of halogens is 2. The SMILES string of the molecule is Nc1ncnc2c1c(-c1ccc(Oc3cc(F)cc(F)c3)cc1)nn2C1CCCNC1. The molecule has 7 nitrogen and oxygen atoms in total. The van der Waals surface area contributed by atoms with Crippen molar-refractivity contribution in [2.24, 2.45) is 0 Å². The number of hydrogen-bond acceptors (Lipinski definition) is 6. The largest absolute Gasteiger partial charge is 0.457 e.